The van der Waals surface area contributed by atoms with E-state index in [9.17, 15) is 26.3 Å². The van der Waals surface area contributed by atoms with Crippen molar-refractivity contribution >= 4 is 11.9 Å². The quantitative estimate of drug-likeness (QED) is 0.479. The number of rotatable bonds is 5. The van der Waals surface area contributed by atoms with Crippen molar-refractivity contribution in [2.24, 2.45) is 0 Å². The number of pyridine rings is 1. The van der Waals surface area contributed by atoms with Crippen LogP contribution in [0.3, 0.4) is 0 Å². The summed E-state index contributed by atoms with van der Waals surface area (Å²) in [6.07, 6.45) is -6.76. The van der Waals surface area contributed by atoms with Gasteiger partial charge in [-0.25, -0.2) is 4.31 Å². The zero-order chi connectivity index (χ0) is 20.2. The lowest BCUT2D eigenvalue weighted by Crippen LogP contribution is -2.34. The van der Waals surface area contributed by atoms with Crippen LogP contribution in [0.25, 0.3) is 0 Å². The normalized spacial score (nSPS) is 13.4. The van der Waals surface area contributed by atoms with Crippen LogP contribution >= 0.6 is 11.9 Å². The average Bonchev–Trinajstić information content (AvgIpc) is 2.60. The molecule has 2 rings (SSSR count). The van der Waals surface area contributed by atoms with E-state index in [0.717, 1.165) is 28.4 Å². The lowest BCUT2D eigenvalue weighted by molar-refractivity contribution is -0.172. The summed E-state index contributed by atoms with van der Waals surface area (Å²) in [5, 5.41) is 8.88. The first-order valence-electron chi connectivity index (χ1n) is 7.60. The third-order valence-electron chi connectivity index (χ3n) is 3.53. The molecule has 1 aromatic heterocycles. The van der Waals surface area contributed by atoms with E-state index in [4.69, 9.17) is 5.26 Å². The lowest BCUT2D eigenvalue weighted by Gasteiger charge is -2.31. The van der Waals surface area contributed by atoms with E-state index in [1.165, 1.54) is 25.4 Å². The zero-order valence-electron chi connectivity index (χ0n) is 13.8. The van der Waals surface area contributed by atoms with Gasteiger partial charge in [-0.2, -0.15) is 31.6 Å². The fourth-order valence-electron chi connectivity index (χ4n) is 2.34. The van der Waals surface area contributed by atoms with Gasteiger partial charge in [0.1, 0.15) is 12.1 Å². The van der Waals surface area contributed by atoms with Gasteiger partial charge in [-0.05, 0) is 35.7 Å². The number of aromatic nitrogens is 1. The zero-order valence-corrected chi connectivity index (χ0v) is 14.7. The molecule has 10 heteroatoms. The highest BCUT2D eigenvalue weighted by Gasteiger charge is 2.45. The first kappa shape index (κ1) is 21.1. The molecule has 0 radical (unpaired) electrons. The van der Waals surface area contributed by atoms with Gasteiger partial charge < -0.3 is 0 Å². The van der Waals surface area contributed by atoms with Crippen molar-refractivity contribution in [3.8, 4) is 6.07 Å². The molecule has 0 bridgehead atoms. The van der Waals surface area contributed by atoms with Crippen LogP contribution in [0.5, 0.6) is 0 Å². The maximum Gasteiger partial charge on any atom is 0.416 e. The molecule has 0 fully saturated rings. The third kappa shape index (κ3) is 5.37. The van der Waals surface area contributed by atoms with Crippen molar-refractivity contribution in [1.82, 2.24) is 9.29 Å². The number of nitrogens with zero attached hydrogens (tertiary/aromatic N) is 3. The van der Waals surface area contributed by atoms with Crippen LogP contribution < -0.4 is 0 Å². The minimum atomic E-state index is -4.72. The fourth-order valence-corrected chi connectivity index (χ4v) is 3.37. The Hall–Kier alpha value is -2.25. The van der Waals surface area contributed by atoms with Gasteiger partial charge in [-0.15, -0.1) is 0 Å². The Bertz CT molecular complexity index is 811. The van der Waals surface area contributed by atoms with E-state index >= 15 is 0 Å². The van der Waals surface area contributed by atoms with Gasteiger partial charge in [-0.3, -0.25) is 4.98 Å². The molecule has 0 aliphatic rings. The smallest absolute Gasteiger partial charge is 0.262 e. The summed E-state index contributed by atoms with van der Waals surface area (Å²) in [4.78, 5) is 4.12. The maximum atomic E-state index is 13.7. The fraction of sp³-hybridized carbons (Fsp3) is 0.294. The van der Waals surface area contributed by atoms with Gasteiger partial charge in [0.25, 0.3) is 0 Å². The maximum absolute atomic E-state index is 13.7. The first-order valence-corrected chi connectivity index (χ1v) is 8.37. The molecule has 0 spiro atoms. The highest BCUT2D eigenvalue weighted by Crippen LogP contribution is 2.43. The van der Waals surface area contributed by atoms with Gasteiger partial charge in [0.2, 0.25) is 0 Å². The van der Waals surface area contributed by atoms with E-state index in [1.807, 2.05) is 6.07 Å². The predicted octanol–water partition coefficient (Wildman–Crippen LogP) is 5.60. The van der Waals surface area contributed by atoms with Crippen molar-refractivity contribution in [2.45, 2.75) is 30.2 Å². The number of hydrogen-bond donors (Lipinski definition) is 0. The summed E-state index contributed by atoms with van der Waals surface area (Å²) in [6.45, 7) is 1.45. The second-order valence-electron chi connectivity index (χ2n) is 5.41. The molecule has 3 nitrogen and oxygen atoms in total. The Morgan fingerprint density at radius 2 is 1.74 bits per heavy atom. The average molecular weight is 405 g/mol. The van der Waals surface area contributed by atoms with Crippen LogP contribution in [-0.4, -0.2) is 22.0 Å². The van der Waals surface area contributed by atoms with E-state index in [-0.39, 0.29) is 17.7 Å². The molecule has 0 aliphatic heterocycles. The first-order chi connectivity index (χ1) is 12.6. The molecule has 144 valence electrons. The van der Waals surface area contributed by atoms with Crippen LogP contribution in [0.1, 0.15) is 29.7 Å². The summed E-state index contributed by atoms with van der Waals surface area (Å²) < 4.78 is 80.0. The van der Waals surface area contributed by atoms with Gasteiger partial charge in [0.15, 0.2) is 0 Å². The highest BCUT2D eigenvalue weighted by atomic mass is 32.2. The minimum absolute atomic E-state index is 0.0490. The van der Waals surface area contributed by atoms with Crippen molar-refractivity contribution < 1.29 is 26.3 Å². The van der Waals surface area contributed by atoms with Crippen molar-refractivity contribution in [3.63, 3.8) is 0 Å². The molecule has 0 aliphatic carbocycles. The number of halogens is 6. The van der Waals surface area contributed by atoms with Gasteiger partial charge in [0, 0.05) is 23.8 Å². The standard InChI is InChI=1S/C17H13F6N3S/c1-2-26(27-14-7-11(8-24)9-25-10-14)15(17(21,22)23)12-3-5-13(6-4-12)16(18,19)20/h3-7,9-10,15H,2H2,1H3/t15-/m1/s1. The molecule has 0 amide bonds. The van der Waals surface area contributed by atoms with Gasteiger partial charge in [-0.1, -0.05) is 19.1 Å². The molecule has 0 saturated heterocycles. The van der Waals surface area contributed by atoms with Crippen molar-refractivity contribution in [3.05, 3.63) is 59.4 Å². The molecular formula is C17H13F6N3S. The molecule has 0 unspecified atom stereocenters. The lowest BCUT2D eigenvalue weighted by atomic mass is 10.0. The largest absolute Gasteiger partial charge is 0.416 e. The van der Waals surface area contributed by atoms with Crippen LogP contribution in [0.15, 0.2) is 47.6 Å². The molecule has 1 aromatic carbocycles. The van der Waals surface area contributed by atoms with E-state index < -0.39 is 24.0 Å². The number of nitriles is 1. The summed E-state index contributed by atoms with van der Waals surface area (Å²) in [6, 6.07) is 4.03. The molecule has 0 saturated carbocycles. The van der Waals surface area contributed by atoms with E-state index in [1.54, 1.807) is 0 Å². The van der Waals surface area contributed by atoms with Crippen LogP contribution in [0.4, 0.5) is 26.3 Å². The Morgan fingerprint density at radius 1 is 1.11 bits per heavy atom. The number of alkyl halides is 6. The molecule has 1 heterocycles. The summed E-state index contributed by atoms with van der Waals surface area (Å²) >= 11 is 0.735. The predicted molar refractivity (Wildman–Crippen MR) is 87.4 cm³/mol. The van der Waals surface area contributed by atoms with Gasteiger partial charge >= 0.3 is 12.4 Å². The van der Waals surface area contributed by atoms with Crippen molar-refractivity contribution in [2.75, 3.05) is 6.54 Å². The molecule has 27 heavy (non-hydrogen) atoms. The third-order valence-corrected chi connectivity index (χ3v) is 4.67. The minimum Gasteiger partial charge on any atom is -0.262 e. The molecule has 1 atom stereocenters. The Labute approximate surface area is 155 Å². The van der Waals surface area contributed by atoms with Crippen LogP contribution in [0.2, 0.25) is 0 Å². The van der Waals surface area contributed by atoms with Crippen LogP contribution in [-0.2, 0) is 6.18 Å². The molecular weight excluding hydrogens is 392 g/mol. The van der Waals surface area contributed by atoms with E-state index in [0.29, 0.717) is 17.0 Å². The van der Waals surface area contributed by atoms with Gasteiger partial charge in [0.05, 0.1) is 11.1 Å². The SMILES string of the molecule is CCN(Sc1cncc(C#N)c1)[C@H](c1ccc(C(F)(F)F)cc1)C(F)(F)F. The summed E-state index contributed by atoms with van der Waals surface area (Å²) in [7, 11) is 0. The van der Waals surface area contributed by atoms with E-state index in [2.05, 4.69) is 4.98 Å². The second-order valence-corrected chi connectivity index (χ2v) is 6.53. The monoisotopic (exact) mass is 405 g/mol. The van der Waals surface area contributed by atoms with Crippen molar-refractivity contribution in [1.29, 1.82) is 5.26 Å². The van der Waals surface area contributed by atoms with Crippen LogP contribution in [0, 0.1) is 11.3 Å². The summed E-state index contributed by atoms with van der Waals surface area (Å²) in [5.74, 6) is 0. The summed E-state index contributed by atoms with van der Waals surface area (Å²) in [5.41, 5.74) is -1.14. The Balaban J connectivity index is 2.37. The second kappa shape index (κ2) is 8.19. The molecule has 0 N–H and O–H groups in total. The molecule has 2 aromatic rings. The number of benzene rings is 1. The number of hydrogen-bond acceptors (Lipinski definition) is 4. The Kier molecular flexibility index (Phi) is 6.38. The highest BCUT2D eigenvalue weighted by molar-refractivity contribution is 7.97. The Morgan fingerprint density at radius 3 is 2.22 bits per heavy atom. The topological polar surface area (TPSA) is 39.9 Å².